The first-order chi connectivity index (χ1) is 14.8. The number of hydrogen-bond acceptors (Lipinski definition) is 4. The fourth-order valence-corrected chi connectivity index (χ4v) is 7.69. The Kier molecular flexibility index (Phi) is 5.09. The highest BCUT2D eigenvalue weighted by atomic mass is 32.2. The zero-order valence-corrected chi connectivity index (χ0v) is 17.9. The van der Waals surface area contributed by atoms with Gasteiger partial charge in [0.1, 0.15) is 11.5 Å². The molecule has 5 rings (SSSR count). The number of aromatic nitrogens is 1. The molecule has 8 heteroatoms. The van der Waals surface area contributed by atoms with Gasteiger partial charge in [-0.05, 0) is 86.6 Å². The normalized spacial score (nSPS) is 31.9. The molecule has 3 saturated carbocycles. The molecule has 5 unspecified atom stereocenters. The predicted octanol–water partition coefficient (Wildman–Crippen LogP) is 3.27. The van der Waals surface area contributed by atoms with Crippen LogP contribution in [0.4, 0.5) is 4.39 Å². The third-order valence-electron chi connectivity index (χ3n) is 7.18. The molecule has 3 fully saturated rings. The molecule has 1 aromatic heterocycles. The number of nitrogens with zero attached hydrogens (tertiary/aromatic N) is 1. The van der Waals surface area contributed by atoms with Crippen LogP contribution in [0.15, 0.2) is 53.6 Å². The van der Waals surface area contributed by atoms with Crippen molar-refractivity contribution in [3.8, 4) is 0 Å². The van der Waals surface area contributed by atoms with Crippen LogP contribution in [0, 0.1) is 23.6 Å². The van der Waals surface area contributed by atoms with Gasteiger partial charge < -0.3 is 5.32 Å². The van der Waals surface area contributed by atoms with Crippen LogP contribution in [-0.2, 0) is 10.0 Å². The summed E-state index contributed by atoms with van der Waals surface area (Å²) in [7, 11) is -3.79. The number of benzene rings is 1. The van der Waals surface area contributed by atoms with Crippen LogP contribution < -0.4 is 10.0 Å². The van der Waals surface area contributed by atoms with E-state index in [1.165, 1.54) is 18.2 Å². The second kappa shape index (κ2) is 7.67. The molecule has 6 nitrogen and oxygen atoms in total. The molecule has 1 heterocycles. The molecule has 1 amide bonds. The maximum atomic E-state index is 13.6. The van der Waals surface area contributed by atoms with Crippen molar-refractivity contribution in [2.24, 2.45) is 17.8 Å². The van der Waals surface area contributed by atoms with Crippen molar-refractivity contribution in [3.05, 3.63) is 60.2 Å². The first-order valence-electron chi connectivity index (χ1n) is 10.8. The molecule has 31 heavy (non-hydrogen) atoms. The molecule has 3 bridgehead atoms. The van der Waals surface area contributed by atoms with Gasteiger partial charge in [0, 0.05) is 17.8 Å². The van der Waals surface area contributed by atoms with Crippen LogP contribution in [-0.4, -0.2) is 30.9 Å². The summed E-state index contributed by atoms with van der Waals surface area (Å²) < 4.78 is 42.5. The number of nitrogens with one attached hydrogen (secondary N) is 2. The van der Waals surface area contributed by atoms with E-state index in [0.717, 1.165) is 44.6 Å². The summed E-state index contributed by atoms with van der Waals surface area (Å²) in [6.45, 7) is 0. The Morgan fingerprint density at radius 2 is 1.84 bits per heavy atom. The minimum atomic E-state index is -3.79. The van der Waals surface area contributed by atoms with Crippen molar-refractivity contribution in [1.29, 1.82) is 0 Å². The van der Waals surface area contributed by atoms with Crippen molar-refractivity contribution in [1.82, 2.24) is 15.0 Å². The van der Waals surface area contributed by atoms with Crippen LogP contribution in [0.2, 0.25) is 0 Å². The lowest BCUT2D eigenvalue weighted by Gasteiger charge is -2.39. The van der Waals surface area contributed by atoms with Crippen molar-refractivity contribution in [2.75, 3.05) is 0 Å². The van der Waals surface area contributed by atoms with Crippen molar-refractivity contribution < 1.29 is 17.6 Å². The smallest absolute Gasteiger partial charge is 0.270 e. The van der Waals surface area contributed by atoms with Crippen LogP contribution in [0.25, 0.3) is 0 Å². The van der Waals surface area contributed by atoms with Gasteiger partial charge in [0.25, 0.3) is 5.91 Å². The van der Waals surface area contributed by atoms with Gasteiger partial charge >= 0.3 is 0 Å². The molecule has 3 aliphatic carbocycles. The highest BCUT2D eigenvalue weighted by molar-refractivity contribution is 7.89. The van der Waals surface area contributed by atoms with Gasteiger partial charge in [-0.1, -0.05) is 12.1 Å². The summed E-state index contributed by atoms with van der Waals surface area (Å²) in [5.74, 6) is 0.439. The Hall–Kier alpha value is -2.32. The number of carbonyl (C=O) groups excluding carboxylic acids is 1. The minimum absolute atomic E-state index is 0.0263. The van der Waals surface area contributed by atoms with E-state index in [9.17, 15) is 17.6 Å². The van der Waals surface area contributed by atoms with E-state index in [0.29, 0.717) is 23.4 Å². The van der Waals surface area contributed by atoms with Gasteiger partial charge in [0.2, 0.25) is 10.0 Å². The molecular formula is C23H26FN3O3S. The monoisotopic (exact) mass is 443 g/mol. The van der Waals surface area contributed by atoms with Gasteiger partial charge in [-0.3, -0.25) is 9.78 Å². The SMILES string of the molecule is O=C(NC1CC2CC3CC(NS(=O)(=O)c4cccc(F)c4)(C2)CC3C1)c1ccccn1. The number of carbonyl (C=O) groups is 1. The molecule has 164 valence electrons. The zero-order chi connectivity index (χ0) is 21.6. The molecule has 0 aliphatic heterocycles. The van der Waals surface area contributed by atoms with E-state index in [2.05, 4.69) is 15.0 Å². The minimum Gasteiger partial charge on any atom is -0.348 e. The first kappa shape index (κ1) is 20.6. The predicted molar refractivity (Wildman–Crippen MR) is 113 cm³/mol. The van der Waals surface area contributed by atoms with Gasteiger partial charge in [-0.15, -0.1) is 0 Å². The van der Waals surface area contributed by atoms with Crippen molar-refractivity contribution in [3.63, 3.8) is 0 Å². The molecule has 2 N–H and O–H groups in total. The number of sulfonamides is 1. The first-order valence-corrected chi connectivity index (χ1v) is 12.3. The summed E-state index contributed by atoms with van der Waals surface area (Å²) in [5.41, 5.74) is -0.0557. The Morgan fingerprint density at radius 3 is 2.58 bits per heavy atom. The Labute approximate surface area is 181 Å². The van der Waals surface area contributed by atoms with Crippen molar-refractivity contribution in [2.45, 2.75) is 55.0 Å². The second-order valence-electron chi connectivity index (χ2n) is 9.43. The van der Waals surface area contributed by atoms with E-state index in [-0.39, 0.29) is 16.8 Å². The maximum Gasteiger partial charge on any atom is 0.270 e. The third-order valence-corrected chi connectivity index (χ3v) is 8.76. The summed E-state index contributed by atoms with van der Waals surface area (Å²) in [6.07, 6.45) is 6.70. The third kappa shape index (κ3) is 4.11. The fraction of sp³-hybridized carbons (Fsp3) is 0.478. The summed E-state index contributed by atoms with van der Waals surface area (Å²) in [5, 5.41) is 3.15. The fourth-order valence-electron chi connectivity index (χ4n) is 6.22. The number of halogens is 1. The molecular weight excluding hydrogens is 417 g/mol. The molecule has 1 aromatic carbocycles. The van der Waals surface area contributed by atoms with E-state index in [1.807, 2.05) is 0 Å². The van der Waals surface area contributed by atoms with Crippen LogP contribution in [0.1, 0.15) is 49.0 Å². The number of rotatable bonds is 5. The lowest BCUT2D eigenvalue weighted by molar-refractivity contribution is 0.0916. The lowest BCUT2D eigenvalue weighted by atomic mass is 9.75. The summed E-state index contributed by atoms with van der Waals surface area (Å²) >= 11 is 0. The highest BCUT2D eigenvalue weighted by Gasteiger charge is 2.54. The van der Waals surface area contributed by atoms with Crippen molar-refractivity contribution >= 4 is 15.9 Å². The molecule has 2 aromatic rings. The zero-order valence-electron chi connectivity index (χ0n) is 17.1. The summed E-state index contributed by atoms with van der Waals surface area (Å²) in [6, 6.07) is 10.5. The van der Waals surface area contributed by atoms with E-state index < -0.39 is 21.4 Å². The van der Waals surface area contributed by atoms with Crippen LogP contribution in [0.5, 0.6) is 0 Å². The average molecular weight is 444 g/mol. The molecule has 0 radical (unpaired) electrons. The molecule has 3 aliphatic rings. The number of amides is 1. The Balaban J connectivity index is 1.31. The molecule has 0 spiro atoms. The lowest BCUT2D eigenvalue weighted by Crippen LogP contribution is -2.50. The van der Waals surface area contributed by atoms with Gasteiger partial charge in [0.15, 0.2) is 0 Å². The number of fused-ring (bicyclic) bond motifs is 2. The average Bonchev–Trinajstić information content (AvgIpc) is 2.89. The molecule has 0 saturated heterocycles. The number of hydrogen-bond donors (Lipinski definition) is 2. The maximum absolute atomic E-state index is 13.6. The highest BCUT2D eigenvalue weighted by Crippen LogP contribution is 2.55. The van der Waals surface area contributed by atoms with Gasteiger partial charge in [-0.2, -0.15) is 0 Å². The second-order valence-corrected chi connectivity index (χ2v) is 11.1. The van der Waals surface area contributed by atoms with Crippen LogP contribution >= 0.6 is 0 Å². The molecule has 5 atom stereocenters. The summed E-state index contributed by atoms with van der Waals surface area (Å²) in [4.78, 5) is 16.7. The Bertz CT molecular complexity index is 1090. The van der Waals surface area contributed by atoms with Crippen LogP contribution in [0.3, 0.4) is 0 Å². The van der Waals surface area contributed by atoms with E-state index in [1.54, 1.807) is 24.4 Å². The topological polar surface area (TPSA) is 88.2 Å². The largest absolute Gasteiger partial charge is 0.348 e. The number of pyridine rings is 1. The van der Waals surface area contributed by atoms with E-state index >= 15 is 0 Å². The Morgan fingerprint density at radius 1 is 1.03 bits per heavy atom. The van der Waals surface area contributed by atoms with Gasteiger partial charge in [-0.25, -0.2) is 17.5 Å². The quantitative estimate of drug-likeness (QED) is 0.743. The van der Waals surface area contributed by atoms with E-state index in [4.69, 9.17) is 0 Å². The standard InChI is InChI=1S/C23H26FN3O3S/c24-18-4-3-5-20(11-18)31(29,30)27-23-12-15-8-16(13-23)17(14-23)10-19(9-15)26-22(28)21-6-1-2-7-25-21/h1-7,11,15-17,19,27H,8-10,12-14H2,(H,26,28). The van der Waals surface area contributed by atoms with Gasteiger partial charge in [0.05, 0.1) is 4.90 Å².